The van der Waals surface area contributed by atoms with Crippen LogP contribution in [0.25, 0.3) is 0 Å². The van der Waals surface area contributed by atoms with E-state index in [0.29, 0.717) is 0 Å². The first-order valence-electron chi connectivity index (χ1n) is 7.60. The molecule has 108 valence electrons. The van der Waals surface area contributed by atoms with Gasteiger partial charge in [-0.25, -0.2) is 0 Å². The molecule has 0 atom stereocenters. The van der Waals surface area contributed by atoms with Gasteiger partial charge in [0.05, 0.1) is 0 Å². The van der Waals surface area contributed by atoms with Crippen LogP contribution in [0.3, 0.4) is 0 Å². The van der Waals surface area contributed by atoms with Crippen molar-refractivity contribution in [1.82, 2.24) is 0 Å². The fourth-order valence-electron chi connectivity index (χ4n) is 2.79. The van der Waals surface area contributed by atoms with Gasteiger partial charge in [-0.2, -0.15) is 0 Å². The average molecular weight is 308 g/mol. The van der Waals surface area contributed by atoms with Crippen LogP contribution in [-0.4, -0.2) is 62.0 Å². The summed E-state index contributed by atoms with van der Waals surface area (Å²) in [4.78, 5) is 4.46. The molecule has 0 radical (unpaired) electrons. The number of hydrogen-bond acceptors (Lipinski definition) is 2. The zero-order valence-electron chi connectivity index (χ0n) is 13.6. The zero-order chi connectivity index (χ0) is 15.2. The molecule has 0 N–H and O–H groups in total. The van der Waals surface area contributed by atoms with E-state index >= 15 is 0 Å². The zero-order valence-corrected chi connectivity index (χ0v) is 15.8. The standard InChI is InChI=1S/2C9H12N.Ca/c2*1-8-6-4-5-7-9(8)10(2)3;/h2*4-7H,1H2,2-3H3;. The summed E-state index contributed by atoms with van der Waals surface area (Å²) < 4.78 is 2.62. The Balaban J connectivity index is 2.03. The molecule has 0 aliphatic rings. The molecule has 0 heterocycles. The Morgan fingerprint density at radius 1 is 0.667 bits per heavy atom. The van der Waals surface area contributed by atoms with Crippen LogP contribution in [0.2, 0.25) is 0 Å². The van der Waals surface area contributed by atoms with Crippen LogP contribution in [0, 0.1) is 0 Å². The van der Waals surface area contributed by atoms with Gasteiger partial charge in [0.25, 0.3) is 0 Å². The predicted molar refractivity (Wildman–Crippen MR) is 94.7 cm³/mol. The van der Waals surface area contributed by atoms with Crippen molar-refractivity contribution in [3.63, 3.8) is 0 Å². The first-order chi connectivity index (χ1) is 10.1. The van der Waals surface area contributed by atoms with Gasteiger partial charge in [-0.1, -0.05) is 0 Å². The monoisotopic (exact) mass is 308 g/mol. The molecule has 0 amide bonds. The number of para-hydroxylation sites is 2. The van der Waals surface area contributed by atoms with E-state index in [1.165, 1.54) is 27.5 Å². The van der Waals surface area contributed by atoms with Crippen LogP contribution < -0.4 is 9.80 Å². The Labute approximate surface area is 147 Å². The Kier molecular flexibility index (Phi) is 6.40. The molecule has 0 saturated heterocycles. The Morgan fingerprint density at radius 2 is 1.05 bits per heavy atom. The first-order valence-corrected chi connectivity index (χ1v) is 10.7. The van der Waals surface area contributed by atoms with E-state index in [-0.39, 0.29) is 0 Å². The van der Waals surface area contributed by atoms with Crippen molar-refractivity contribution in [3.05, 3.63) is 59.7 Å². The fourth-order valence-corrected chi connectivity index (χ4v) is 5.57. The fraction of sp³-hybridized carbons (Fsp3) is 0.333. The van der Waals surface area contributed by atoms with Crippen LogP contribution in [0.15, 0.2) is 48.5 Å². The topological polar surface area (TPSA) is 6.48 Å². The minimum absolute atomic E-state index is 0.608. The summed E-state index contributed by atoms with van der Waals surface area (Å²) in [5.74, 6) is 0. The molecule has 2 nitrogen and oxygen atoms in total. The predicted octanol–water partition coefficient (Wildman–Crippen LogP) is 3.22. The molecule has 2 aromatic rings. The molecule has 2 aromatic carbocycles. The van der Waals surface area contributed by atoms with Gasteiger partial charge in [-0.3, -0.25) is 0 Å². The molecule has 21 heavy (non-hydrogen) atoms. The molecule has 0 bridgehead atoms. The van der Waals surface area contributed by atoms with Gasteiger partial charge in [0.2, 0.25) is 0 Å². The SMILES string of the molecule is CN(C)c1ccccc1[CH2][Ca][CH2]c1ccccc1N(C)C. The molecule has 0 spiro atoms. The second-order valence-corrected chi connectivity index (χ2v) is 8.57. The average Bonchev–Trinajstić information content (AvgIpc) is 2.48. The molecule has 0 fully saturated rings. The van der Waals surface area contributed by atoms with Crippen molar-refractivity contribution in [2.24, 2.45) is 0 Å². The van der Waals surface area contributed by atoms with E-state index < -0.39 is 33.8 Å². The van der Waals surface area contributed by atoms with Crippen LogP contribution in [0.5, 0.6) is 0 Å². The van der Waals surface area contributed by atoms with E-state index in [9.17, 15) is 0 Å². The van der Waals surface area contributed by atoms with Gasteiger partial charge in [0, 0.05) is 0 Å². The Bertz CT molecular complexity index is 527. The van der Waals surface area contributed by atoms with Crippen molar-refractivity contribution in [2.45, 2.75) is 5.04 Å². The summed E-state index contributed by atoms with van der Waals surface area (Å²) in [7, 11) is 8.53. The Morgan fingerprint density at radius 3 is 1.43 bits per heavy atom. The molecular formula is C18H24CaN2. The van der Waals surface area contributed by atoms with E-state index in [4.69, 9.17) is 0 Å². The van der Waals surface area contributed by atoms with Crippen molar-refractivity contribution in [2.75, 3.05) is 38.0 Å². The van der Waals surface area contributed by atoms with E-state index in [1.807, 2.05) is 0 Å². The number of rotatable bonds is 6. The van der Waals surface area contributed by atoms with Gasteiger partial charge in [0.1, 0.15) is 0 Å². The van der Waals surface area contributed by atoms with Gasteiger partial charge < -0.3 is 0 Å². The molecule has 3 heteroatoms. The summed E-state index contributed by atoms with van der Waals surface area (Å²) in [6, 6.07) is 17.6. The molecule has 0 aliphatic heterocycles. The molecular weight excluding hydrogens is 284 g/mol. The third-order valence-corrected chi connectivity index (χ3v) is 6.63. The second-order valence-electron chi connectivity index (χ2n) is 5.90. The summed E-state index contributed by atoms with van der Waals surface area (Å²) in [5.41, 5.74) is 5.79. The van der Waals surface area contributed by atoms with Crippen molar-refractivity contribution < 1.29 is 0 Å². The van der Waals surface area contributed by atoms with Gasteiger partial charge >= 0.3 is 148 Å². The third-order valence-electron chi connectivity index (χ3n) is 3.84. The van der Waals surface area contributed by atoms with Crippen LogP contribution in [0.4, 0.5) is 11.4 Å². The van der Waals surface area contributed by atoms with Crippen LogP contribution in [0.1, 0.15) is 11.1 Å². The second kappa shape index (κ2) is 8.07. The van der Waals surface area contributed by atoms with E-state index in [0.717, 1.165) is 0 Å². The summed E-state index contributed by atoms with van der Waals surface area (Å²) in [6.07, 6.45) is 0. The van der Waals surface area contributed by atoms with Gasteiger partial charge in [-0.05, 0) is 0 Å². The summed E-state index contributed by atoms with van der Waals surface area (Å²) >= 11 is -0.608. The molecule has 0 unspecified atom stereocenters. The quantitative estimate of drug-likeness (QED) is 0.756. The summed E-state index contributed by atoms with van der Waals surface area (Å²) in [6.45, 7) is 0. The number of nitrogens with zero attached hydrogens (tertiary/aromatic N) is 2. The number of benzene rings is 2. The number of hydrogen-bond donors (Lipinski definition) is 0. The normalized spacial score (nSPS) is 10.1. The first kappa shape index (κ1) is 16.7. The van der Waals surface area contributed by atoms with Crippen molar-refractivity contribution in [1.29, 1.82) is 0 Å². The third kappa shape index (κ3) is 4.64. The van der Waals surface area contributed by atoms with Crippen LogP contribution in [-0.2, 0) is 5.04 Å². The van der Waals surface area contributed by atoms with Gasteiger partial charge in [0.15, 0.2) is 0 Å². The van der Waals surface area contributed by atoms with E-state index in [2.05, 4.69) is 86.5 Å². The Hall–Kier alpha value is -0.700. The maximum atomic E-state index is 2.29. The number of anilines is 2. The molecule has 2 rings (SSSR count). The van der Waals surface area contributed by atoms with E-state index in [1.54, 1.807) is 0 Å². The van der Waals surface area contributed by atoms with Gasteiger partial charge in [-0.15, -0.1) is 0 Å². The molecule has 0 saturated carbocycles. The van der Waals surface area contributed by atoms with Crippen molar-refractivity contribution >= 4 is 45.2 Å². The van der Waals surface area contributed by atoms with Crippen LogP contribution >= 0.6 is 0 Å². The maximum absolute atomic E-state index is 2.29. The van der Waals surface area contributed by atoms with Crippen molar-refractivity contribution in [3.8, 4) is 0 Å². The molecule has 0 aromatic heterocycles. The summed E-state index contributed by atoms with van der Waals surface area (Å²) in [5, 5.41) is 0. The minimum atomic E-state index is -0.608. The molecule has 0 aliphatic carbocycles.